The van der Waals surface area contributed by atoms with Crippen LogP contribution in [-0.4, -0.2) is 36.1 Å². The van der Waals surface area contributed by atoms with Gasteiger partial charge in [-0.15, -0.1) is 0 Å². The molecular weight excluding hydrogens is 322 g/mol. The summed E-state index contributed by atoms with van der Waals surface area (Å²) in [7, 11) is 1.73. The Balaban J connectivity index is 3.82. The van der Waals surface area contributed by atoms with Crippen molar-refractivity contribution in [2.24, 2.45) is 17.8 Å². The molecule has 0 aromatic heterocycles. The van der Waals surface area contributed by atoms with E-state index >= 15 is 0 Å². The summed E-state index contributed by atoms with van der Waals surface area (Å²) in [5.74, 6) is 2.48. The van der Waals surface area contributed by atoms with Crippen molar-refractivity contribution in [2.45, 2.75) is 92.4 Å². The van der Waals surface area contributed by atoms with E-state index in [0.29, 0.717) is 6.54 Å². The molecule has 0 saturated heterocycles. The maximum absolute atomic E-state index is 11.9. The van der Waals surface area contributed by atoms with Crippen LogP contribution < -0.4 is 0 Å². The van der Waals surface area contributed by atoms with Crippen LogP contribution in [0.25, 0.3) is 0 Å². The lowest BCUT2D eigenvalue weighted by atomic mass is 9.91. The number of aliphatic hydroxyl groups excluding tert-OH is 1. The van der Waals surface area contributed by atoms with E-state index in [1.807, 2.05) is 6.92 Å². The number of aliphatic hydroxyl groups is 1. The van der Waals surface area contributed by atoms with Crippen molar-refractivity contribution in [3.05, 3.63) is 11.6 Å². The Kier molecular flexibility index (Phi) is 14.8. The first-order valence-electron chi connectivity index (χ1n) is 10.8. The van der Waals surface area contributed by atoms with E-state index in [4.69, 9.17) is 5.11 Å². The second kappa shape index (κ2) is 15.2. The lowest BCUT2D eigenvalue weighted by Crippen LogP contribution is -2.28. The Hall–Kier alpha value is -0.830. The van der Waals surface area contributed by atoms with Crippen molar-refractivity contribution >= 4 is 5.91 Å². The molecule has 1 N–H and O–H groups in total. The van der Waals surface area contributed by atoms with Gasteiger partial charge < -0.3 is 10.0 Å². The Morgan fingerprint density at radius 1 is 0.923 bits per heavy atom. The fourth-order valence-electron chi connectivity index (χ4n) is 3.36. The van der Waals surface area contributed by atoms with Gasteiger partial charge in [0.2, 0.25) is 5.91 Å². The number of hydrogen-bond acceptors (Lipinski definition) is 2. The highest BCUT2D eigenvalue weighted by molar-refractivity contribution is 5.87. The van der Waals surface area contributed by atoms with Crippen LogP contribution in [0.4, 0.5) is 0 Å². The molecule has 0 aromatic rings. The van der Waals surface area contributed by atoms with Crippen molar-refractivity contribution in [2.75, 3.05) is 20.2 Å². The molecule has 0 fully saturated rings. The van der Waals surface area contributed by atoms with Crippen LogP contribution in [-0.2, 0) is 4.79 Å². The molecule has 0 aromatic carbocycles. The maximum Gasteiger partial charge on any atom is 0.246 e. The van der Waals surface area contributed by atoms with Crippen LogP contribution in [0.5, 0.6) is 0 Å². The van der Waals surface area contributed by atoms with E-state index in [-0.39, 0.29) is 12.5 Å². The highest BCUT2D eigenvalue weighted by Gasteiger charge is 2.08. The molecule has 3 heteroatoms. The molecule has 0 aliphatic carbocycles. The lowest BCUT2D eigenvalue weighted by Gasteiger charge is -2.15. The Morgan fingerprint density at radius 3 is 1.92 bits per heavy atom. The van der Waals surface area contributed by atoms with E-state index < -0.39 is 0 Å². The van der Waals surface area contributed by atoms with Crippen molar-refractivity contribution in [1.29, 1.82) is 0 Å². The average molecular weight is 368 g/mol. The second-order valence-corrected chi connectivity index (χ2v) is 8.83. The maximum atomic E-state index is 11.9. The van der Waals surface area contributed by atoms with Crippen LogP contribution in [0.1, 0.15) is 92.4 Å². The smallest absolute Gasteiger partial charge is 0.246 e. The number of hydrogen-bond donors (Lipinski definition) is 1. The van der Waals surface area contributed by atoms with Crippen molar-refractivity contribution < 1.29 is 9.90 Å². The van der Waals surface area contributed by atoms with Crippen molar-refractivity contribution in [3.63, 3.8) is 0 Å². The number of nitrogens with zero attached hydrogens (tertiary/aromatic N) is 1. The molecule has 26 heavy (non-hydrogen) atoms. The summed E-state index contributed by atoms with van der Waals surface area (Å²) in [6.07, 6.45) is 13.3. The minimum Gasteiger partial charge on any atom is -0.395 e. The fourth-order valence-corrected chi connectivity index (χ4v) is 3.36. The number of likely N-dealkylation sites (N-methyl/N-ethyl adjacent to an activating group) is 1. The topological polar surface area (TPSA) is 40.5 Å². The van der Waals surface area contributed by atoms with Gasteiger partial charge in [0, 0.05) is 19.7 Å². The first kappa shape index (κ1) is 25.2. The molecule has 2 unspecified atom stereocenters. The van der Waals surface area contributed by atoms with E-state index in [0.717, 1.165) is 36.2 Å². The molecule has 0 spiro atoms. The van der Waals surface area contributed by atoms with Gasteiger partial charge in [0.25, 0.3) is 0 Å². The number of carbonyl (C=O) groups excluding carboxylic acids is 1. The van der Waals surface area contributed by atoms with Gasteiger partial charge in [-0.1, -0.05) is 78.2 Å². The van der Waals surface area contributed by atoms with Crippen LogP contribution in [0.15, 0.2) is 11.6 Å². The van der Waals surface area contributed by atoms with Crippen molar-refractivity contribution in [3.8, 4) is 0 Å². The van der Waals surface area contributed by atoms with E-state index in [2.05, 4.69) is 27.7 Å². The first-order valence-corrected chi connectivity index (χ1v) is 10.8. The Morgan fingerprint density at radius 2 is 1.42 bits per heavy atom. The summed E-state index contributed by atoms with van der Waals surface area (Å²) < 4.78 is 0. The summed E-state index contributed by atoms with van der Waals surface area (Å²) in [5, 5.41) is 8.88. The van der Waals surface area contributed by atoms with Gasteiger partial charge in [0.05, 0.1) is 6.61 Å². The molecule has 0 saturated carbocycles. The zero-order valence-electron chi connectivity index (χ0n) is 18.4. The quantitative estimate of drug-likeness (QED) is 0.370. The molecule has 1 amide bonds. The summed E-state index contributed by atoms with van der Waals surface area (Å²) >= 11 is 0. The minimum atomic E-state index is -0.00365. The summed E-state index contributed by atoms with van der Waals surface area (Å²) in [4.78, 5) is 13.5. The van der Waals surface area contributed by atoms with Gasteiger partial charge in [-0.2, -0.15) is 0 Å². The zero-order valence-corrected chi connectivity index (χ0v) is 18.4. The van der Waals surface area contributed by atoms with Crippen LogP contribution in [0.3, 0.4) is 0 Å². The summed E-state index contributed by atoms with van der Waals surface area (Å²) in [6.45, 7) is 11.8. The van der Waals surface area contributed by atoms with Crippen LogP contribution in [0, 0.1) is 17.8 Å². The molecule has 0 bridgehead atoms. The van der Waals surface area contributed by atoms with Crippen molar-refractivity contribution in [1.82, 2.24) is 4.90 Å². The van der Waals surface area contributed by atoms with E-state index in [1.165, 1.54) is 44.9 Å². The molecule has 2 atom stereocenters. The van der Waals surface area contributed by atoms with Gasteiger partial charge in [-0.05, 0) is 37.5 Å². The number of carbonyl (C=O) groups is 1. The SMILES string of the molecule is CC(=CC(=O)N(C)CCO)CCCC(C)CCCC(C)CCCC(C)C. The van der Waals surface area contributed by atoms with Gasteiger partial charge in [0.15, 0.2) is 0 Å². The fraction of sp³-hybridized carbons (Fsp3) is 0.870. The zero-order chi connectivity index (χ0) is 19.9. The lowest BCUT2D eigenvalue weighted by molar-refractivity contribution is -0.125. The summed E-state index contributed by atoms with van der Waals surface area (Å²) in [5.41, 5.74) is 1.14. The Bertz CT molecular complexity index is 390. The van der Waals surface area contributed by atoms with Gasteiger partial charge in [-0.25, -0.2) is 0 Å². The van der Waals surface area contributed by atoms with Crippen LogP contribution >= 0.6 is 0 Å². The first-order chi connectivity index (χ1) is 12.3. The third-order valence-electron chi connectivity index (χ3n) is 5.32. The molecular formula is C23H45NO2. The third kappa shape index (κ3) is 14.4. The predicted octanol–water partition coefficient (Wildman–Crippen LogP) is 5.82. The predicted molar refractivity (Wildman–Crippen MR) is 113 cm³/mol. The van der Waals surface area contributed by atoms with E-state index in [9.17, 15) is 4.79 Å². The molecule has 0 rings (SSSR count). The second-order valence-electron chi connectivity index (χ2n) is 8.83. The number of amides is 1. The van der Waals surface area contributed by atoms with Gasteiger partial charge in [0.1, 0.15) is 0 Å². The highest BCUT2D eigenvalue weighted by atomic mass is 16.3. The average Bonchev–Trinajstić information content (AvgIpc) is 2.54. The Labute approximate surface area is 163 Å². The number of rotatable bonds is 15. The molecule has 0 radical (unpaired) electrons. The third-order valence-corrected chi connectivity index (χ3v) is 5.32. The highest BCUT2D eigenvalue weighted by Crippen LogP contribution is 2.22. The standard InChI is InChI=1S/C23H45NO2/c1-19(2)10-7-11-20(3)12-8-13-21(4)14-9-15-22(5)18-23(26)24(6)16-17-25/h18-21,25H,7-17H2,1-6H3. The minimum absolute atomic E-state index is 0.00365. The van der Waals surface area contributed by atoms with Gasteiger partial charge >= 0.3 is 0 Å². The molecule has 3 nitrogen and oxygen atoms in total. The molecule has 154 valence electrons. The van der Waals surface area contributed by atoms with Gasteiger partial charge in [-0.3, -0.25) is 4.79 Å². The van der Waals surface area contributed by atoms with Crippen LogP contribution in [0.2, 0.25) is 0 Å². The monoisotopic (exact) mass is 367 g/mol. The molecule has 0 heterocycles. The molecule has 0 aliphatic heterocycles. The summed E-state index contributed by atoms with van der Waals surface area (Å²) in [6, 6.07) is 0. The normalized spacial score (nSPS) is 14.5. The van der Waals surface area contributed by atoms with E-state index in [1.54, 1.807) is 18.0 Å². The molecule has 0 aliphatic rings. The largest absolute Gasteiger partial charge is 0.395 e. The number of allylic oxidation sites excluding steroid dienone is 1.